The molecule has 2 heteroatoms. The van der Waals surface area contributed by atoms with Crippen molar-refractivity contribution in [1.29, 1.82) is 0 Å². The van der Waals surface area contributed by atoms with Gasteiger partial charge in [0.05, 0.1) is 0 Å². The number of imidazole rings is 1. The predicted molar refractivity (Wildman–Crippen MR) is 74.5 cm³/mol. The summed E-state index contributed by atoms with van der Waals surface area (Å²) in [5.74, 6) is 1.14. The summed E-state index contributed by atoms with van der Waals surface area (Å²) >= 11 is 0. The maximum atomic E-state index is 4.60. The molecule has 1 N–H and O–H groups in total. The Labute approximate surface area is 106 Å². The Morgan fingerprint density at radius 1 is 1.12 bits per heavy atom. The number of hydrogen-bond donors (Lipinski definition) is 1. The molecule has 0 spiro atoms. The summed E-state index contributed by atoms with van der Waals surface area (Å²) in [6, 6.07) is 0. The molecule has 1 aromatic rings. The Hall–Kier alpha value is -0.790. The van der Waals surface area contributed by atoms with E-state index in [1.54, 1.807) is 0 Å². The van der Waals surface area contributed by atoms with Gasteiger partial charge in [-0.25, -0.2) is 4.98 Å². The van der Waals surface area contributed by atoms with Crippen LogP contribution in [0.25, 0.3) is 0 Å². The number of nitrogens with one attached hydrogen (secondary N) is 1. The van der Waals surface area contributed by atoms with E-state index in [9.17, 15) is 0 Å². The molecule has 17 heavy (non-hydrogen) atoms. The van der Waals surface area contributed by atoms with Gasteiger partial charge < -0.3 is 4.98 Å². The lowest BCUT2D eigenvalue weighted by Crippen LogP contribution is -2.20. The fraction of sp³-hybridized carbons (Fsp3) is 0.800. The Bertz CT molecular complexity index is 348. The molecule has 98 valence electrons. The molecule has 0 aliphatic carbocycles. The number of H-pyrrole nitrogens is 1. The van der Waals surface area contributed by atoms with E-state index in [0.29, 0.717) is 0 Å². The SMILES string of the molecule is CCCCC(C)(C)c1ncc(C(C)(C)CC)[nH]1. The van der Waals surface area contributed by atoms with Crippen LogP contribution in [0.1, 0.15) is 78.7 Å². The molecule has 0 aliphatic rings. The van der Waals surface area contributed by atoms with Crippen molar-refractivity contribution in [1.82, 2.24) is 9.97 Å². The largest absolute Gasteiger partial charge is 0.345 e. The highest BCUT2D eigenvalue weighted by atomic mass is 14.9. The first kappa shape index (κ1) is 14.3. The second-order valence-electron chi connectivity index (χ2n) is 6.37. The van der Waals surface area contributed by atoms with Crippen molar-refractivity contribution in [3.8, 4) is 0 Å². The van der Waals surface area contributed by atoms with Crippen LogP contribution in [-0.2, 0) is 10.8 Å². The molecule has 0 saturated heterocycles. The lowest BCUT2D eigenvalue weighted by molar-refractivity contribution is 0.430. The summed E-state index contributed by atoms with van der Waals surface area (Å²) in [5.41, 5.74) is 1.63. The van der Waals surface area contributed by atoms with Crippen molar-refractivity contribution in [3.05, 3.63) is 17.7 Å². The second-order valence-corrected chi connectivity index (χ2v) is 6.37. The van der Waals surface area contributed by atoms with E-state index in [-0.39, 0.29) is 10.8 Å². The minimum atomic E-state index is 0.165. The van der Waals surface area contributed by atoms with Crippen molar-refractivity contribution < 1.29 is 0 Å². The molecule has 0 atom stereocenters. The van der Waals surface area contributed by atoms with Gasteiger partial charge in [0.25, 0.3) is 0 Å². The molecule has 0 saturated carbocycles. The first-order valence-electron chi connectivity index (χ1n) is 6.89. The highest BCUT2D eigenvalue weighted by Gasteiger charge is 2.26. The predicted octanol–water partition coefficient (Wildman–Crippen LogP) is 4.57. The molecule has 1 aromatic heterocycles. The van der Waals surface area contributed by atoms with Crippen LogP contribution in [0.15, 0.2) is 6.20 Å². The maximum absolute atomic E-state index is 4.60. The first-order chi connectivity index (χ1) is 7.83. The molecule has 0 aliphatic heterocycles. The Kier molecular flexibility index (Phi) is 4.40. The van der Waals surface area contributed by atoms with Crippen LogP contribution < -0.4 is 0 Å². The Morgan fingerprint density at radius 2 is 1.76 bits per heavy atom. The summed E-state index contributed by atoms with van der Waals surface area (Å²) < 4.78 is 0. The highest BCUT2D eigenvalue weighted by Crippen LogP contribution is 2.30. The molecule has 0 unspecified atom stereocenters. The topological polar surface area (TPSA) is 28.7 Å². The maximum Gasteiger partial charge on any atom is 0.111 e. The highest BCUT2D eigenvalue weighted by molar-refractivity contribution is 5.16. The average molecular weight is 236 g/mol. The van der Waals surface area contributed by atoms with Gasteiger partial charge in [-0.05, 0) is 12.8 Å². The van der Waals surface area contributed by atoms with Crippen molar-refractivity contribution >= 4 is 0 Å². The Morgan fingerprint density at radius 3 is 2.29 bits per heavy atom. The number of rotatable bonds is 6. The number of nitrogens with zero attached hydrogens (tertiary/aromatic N) is 1. The number of aromatic amines is 1. The number of hydrogen-bond acceptors (Lipinski definition) is 1. The zero-order valence-corrected chi connectivity index (χ0v) is 12.4. The van der Waals surface area contributed by atoms with Crippen molar-refractivity contribution in [2.24, 2.45) is 0 Å². The molecule has 0 amide bonds. The van der Waals surface area contributed by atoms with Crippen molar-refractivity contribution in [3.63, 3.8) is 0 Å². The zero-order valence-electron chi connectivity index (χ0n) is 12.4. The molecule has 0 bridgehead atoms. The lowest BCUT2D eigenvalue weighted by atomic mass is 9.85. The third-order valence-electron chi connectivity index (χ3n) is 3.99. The van der Waals surface area contributed by atoms with Gasteiger partial charge in [-0.3, -0.25) is 0 Å². The quantitative estimate of drug-likeness (QED) is 0.770. The smallest absolute Gasteiger partial charge is 0.111 e. The lowest BCUT2D eigenvalue weighted by Gasteiger charge is -2.23. The van der Waals surface area contributed by atoms with Crippen LogP contribution in [-0.4, -0.2) is 9.97 Å². The van der Waals surface area contributed by atoms with Crippen molar-refractivity contribution in [2.75, 3.05) is 0 Å². The Balaban J connectivity index is 2.87. The normalized spacial score (nSPS) is 13.1. The third kappa shape index (κ3) is 3.34. The molecule has 0 radical (unpaired) electrons. The average Bonchev–Trinajstić information content (AvgIpc) is 2.77. The summed E-state index contributed by atoms with van der Waals surface area (Å²) in [6.45, 7) is 13.6. The fourth-order valence-corrected chi connectivity index (χ4v) is 1.94. The molecule has 1 rings (SSSR count). The summed E-state index contributed by atoms with van der Waals surface area (Å²) in [4.78, 5) is 8.14. The second kappa shape index (κ2) is 5.24. The van der Waals surface area contributed by atoms with Crippen molar-refractivity contribution in [2.45, 2.75) is 78.1 Å². The van der Waals surface area contributed by atoms with E-state index in [1.807, 2.05) is 6.20 Å². The molecular formula is C15H28N2. The van der Waals surface area contributed by atoms with Gasteiger partial charge in [-0.1, -0.05) is 54.4 Å². The van der Waals surface area contributed by atoms with Crippen LogP contribution in [0, 0.1) is 0 Å². The van der Waals surface area contributed by atoms with E-state index < -0.39 is 0 Å². The van der Waals surface area contributed by atoms with Gasteiger partial charge in [-0.2, -0.15) is 0 Å². The van der Waals surface area contributed by atoms with Gasteiger partial charge in [0.15, 0.2) is 0 Å². The van der Waals surface area contributed by atoms with E-state index in [2.05, 4.69) is 51.5 Å². The van der Waals surface area contributed by atoms with E-state index in [0.717, 1.165) is 12.2 Å². The minimum absolute atomic E-state index is 0.165. The van der Waals surface area contributed by atoms with Gasteiger partial charge in [0.2, 0.25) is 0 Å². The zero-order chi connectivity index (χ0) is 13.1. The van der Waals surface area contributed by atoms with Gasteiger partial charge in [-0.15, -0.1) is 0 Å². The summed E-state index contributed by atoms with van der Waals surface area (Å²) in [7, 11) is 0. The standard InChI is InChI=1S/C15H28N2/c1-7-9-10-15(5,6)13-16-11-12(17-13)14(3,4)8-2/h11H,7-10H2,1-6H3,(H,16,17). The van der Waals surface area contributed by atoms with Crippen LogP contribution in [0.3, 0.4) is 0 Å². The van der Waals surface area contributed by atoms with E-state index >= 15 is 0 Å². The van der Waals surface area contributed by atoms with Crippen LogP contribution in [0.2, 0.25) is 0 Å². The monoisotopic (exact) mass is 236 g/mol. The fourth-order valence-electron chi connectivity index (χ4n) is 1.94. The van der Waals surface area contributed by atoms with Gasteiger partial charge >= 0.3 is 0 Å². The van der Waals surface area contributed by atoms with Crippen LogP contribution >= 0.6 is 0 Å². The van der Waals surface area contributed by atoms with E-state index in [1.165, 1.54) is 25.0 Å². The van der Waals surface area contributed by atoms with Crippen LogP contribution in [0.5, 0.6) is 0 Å². The minimum Gasteiger partial charge on any atom is -0.345 e. The van der Waals surface area contributed by atoms with Crippen LogP contribution in [0.4, 0.5) is 0 Å². The first-order valence-corrected chi connectivity index (χ1v) is 6.89. The van der Waals surface area contributed by atoms with Gasteiger partial charge in [0.1, 0.15) is 5.82 Å². The third-order valence-corrected chi connectivity index (χ3v) is 3.99. The molecule has 0 aromatic carbocycles. The number of aromatic nitrogens is 2. The summed E-state index contributed by atoms with van der Waals surface area (Å²) in [5, 5.41) is 0. The molecular weight excluding hydrogens is 208 g/mol. The van der Waals surface area contributed by atoms with Gasteiger partial charge in [0, 0.05) is 22.7 Å². The van der Waals surface area contributed by atoms with E-state index in [4.69, 9.17) is 0 Å². The molecule has 1 heterocycles. The number of unbranched alkanes of at least 4 members (excludes halogenated alkanes) is 1. The molecule has 2 nitrogen and oxygen atoms in total. The molecule has 0 fully saturated rings. The summed E-state index contributed by atoms with van der Waals surface area (Å²) in [6.07, 6.45) is 6.86.